The van der Waals surface area contributed by atoms with Crippen molar-refractivity contribution in [1.29, 1.82) is 0 Å². The second-order valence-corrected chi connectivity index (χ2v) is 5.60. The van der Waals surface area contributed by atoms with Crippen molar-refractivity contribution in [3.8, 4) is 5.75 Å². The number of aryl methyl sites for hydroxylation is 1. The number of nitrogen functional groups attached to an aromatic ring is 1. The summed E-state index contributed by atoms with van der Waals surface area (Å²) in [5, 5.41) is 0. The fraction of sp³-hybridized carbons (Fsp3) is 0.429. The lowest BCUT2D eigenvalue weighted by Crippen LogP contribution is -2.19. The molecular formula is C21H31NO. The van der Waals surface area contributed by atoms with Crippen molar-refractivity contribution < 1.29 is 4.74 Å². The first-order chi connectivity index (χ1) is 11.2. The van der Waals surface area contributed by atoms with Crippen LogP contribution in [0.2, 0.25) is 0 Å². The first-order valence-corrected chi connectivity index (χ1v) is 8.78. The Bertz CT molecular complexity index is 501. The van der Waals surface area contributed by atoms with Gasteiger partial charge in [0.25, 0.3) is 0 Å². The maximum absolute atomic E-state index is 5.85. The number of anilines is 1. The Hall–Kier alpha value is -1.96. The summed E-state index contributed by atoms with van der Waals surface area (Å²) in [7, 11) is 0. The van der Waals surface area contributed by atoms with Gasteiger partial charge in [-0.2, -0.15) is 0 Å². The third-order valence-corrected chi connectivity index (χ3v) is 3.68. The minimum absolute atomic E-state index is 0.423. The number of nitrogens with two attached hydrogens (primary N) is 1. The van der Waals surface area contributed by atoms with E-state index in [1.54, 1.807) is 0 Å². The first-order valence-electron chi connectivity index (χ1n) is 8.78. The van der Waals surface area contributed by atoms with Gasteiger partial charge in [-0.1, -0.05) is 56.2 Å². The van der Waals surface area contributed by atoms with Gasteiger partial charge in [-0.05, 0) is 56.9 Å². The van der Waals surface area contributed by atoms with E-state index in [-0.39, 0.29) is 0 Å². The molecule has 3 rings (SSSR count). The van der Waals surface area contributed by atoms with Crippen LogP contribution < -0.4 is 10.5 Å². The number of hydrogen-bond acceptors (Lipinski definition) is 2. The highest BCUT2D eigenvalue weighted by atomic mass is 16.5. The number of rotatable bonds is 2. The smallest absolute Gasteiger partial charge is 0.119 e. The van der Waals surface area contributed by atoms with E-state index in [0.717, 1.165) is 11.4 Å². The van der Waals surface area contributed by atoms with Crippen LogP contribution in [-0.2, 0) is 0 Å². The molecule has 0 atom stereocenters. The molecule has 0 saturated heterocycles. The molecule has 2 aromatic carbocycles. The maximum atomic E-state index is 5.85. The summed E-state index contributed by atoms with van der Waals surface area (Å²) in [5.74, 6) is 0.950. The zero-order valence-electron chi connectivity index (χ0n) is 14.8. The fourth-order valence-corrected chi connectivity index (χ4v) is 2.46. The van der Waals surface area contributed by atoms with E-state index in [0.29, 0.717) is 6.10 Å². The molecular weight excluding hydrogens is 282 g/mol. The van der Waals surface area contributed by atoms with Crippen LogP contribution >= 0.6 is 0 Å². The minimum atomic E-state index is 0.423. The Balaban J connectivity index is 0.000000247. The largest absolute Gasteiger partial charge is 0.490 e. The molecule has 2 nitrogen and oxygen atoms in total. The monoisotopic (exact) mass is 313 g/mol. The van der Waals surface area contributed by atoms with Gasteiger partial charge in [0.2, 0.25) is 0 Å². The molecule has 23 heavy (non-hydrogen) atoms. The van der Waals surface area contributed by atoms with Crippen molar-refractivity contribution in [2.24, 2.45) is 0 Å². The molecule has 0 unspecified atom stereocenters. The zero-order chi connectivity index (χ0) is 16.9. The SMILES string of the molecule is CC.Cc1ccccc1.Nc1ccc(OC2CCCCC2)cc1. The van der Waals surface area contributed by atoms with E-state index >= 15 is 0 Å². The van der Waals surface area contributed by atoms with Gasteiger partial charge in [-0.25, -0.2) is 0 Å². The van der Waals surface area contributed by atoms with E-state index in [1.165, 1.54) is 37.7 Å². The van der Waals surface area contributed by atoms with Gasteiger partial charge in [-0.3, -0.25) is 0 Å². The Morgan fingerprint density at radius 3 is 1.87 bits per heavy atom. The van der Waals surface area contributed by atoms with Crippen molar-refractivity contribution in [3.05, 3.63) is 60.2 Å². The van der Waals surface area contributed by atoms with E-state index in [9.17, 15) is 0 Å². The highest BCUT2D eigenvalue weighted by Crippen LogP contribution is 2.23. The lowest BCUT2D eigenvalue weighted by atomic mass is 9.98. The van der Waals surface area contributed by atoms with Gasteiger partial charge in [0.05, 0.1) is 6.10 Å². The molecule has 126 valence electrons. The highest BCUT2D eigenvalue weighted by molar-refractivity contribution is 5.41. The summed E-state index contributed by atoms with van der Waals surface area (Å²) in [5.41, 5.74) is 7.72. The van der Waals surface area contributed by atoms with Crippen LogP contribution in [-0.4, -0.2) is 6.10 Å². The predicted octanol–water partition coefficient (Wildman–Crippen LogP) is 6.00. The fourth-order valence-electron chi connectivity index (χ4n) is 2.46. The lowest BCUT2D eigenvalue weighted by Gasteiger charge is -2.22. The summed E-state index contributed by atoms with van der Waals surface area (Å²) in [6.07, 6.45) is 6.79. The quantitative estimate of drug-likeness (QED) is 0.690. The van der Waals surface area contributed by atoms with Crippen molar-refractivity contribution in [2.45, 2.75) is 59.0 Å². The third-order valence-electron chi connectivity index (χ3n) is 3.68. The maximum Gasteiger partial charge on any atom is 0.119 e. The van der Waals surface area contributed by atoms with E-state index < -0.39 is 0 Å². The Labute approximate surface area is 141 Å². The van der Waals surface area contributed by atoms with Gasteiger partial charge in [0.1, 0.15) is 5.75 Å². The first kappa shape index (κ1) is 19.1. The second-order valence-electron chi connectivity index (χ2n) is 5.60. The van der Waals surface area contributed by atoms with Gasteiger partial charge in [0.15, 0.2) is 0 Å². The molecule has 2 aromatic rings. The molecule has 0 heterocycles. The average molecular weight is 313 g/mol. The van der Waals surface area contributed by atoms with Crippen molar-refractivity contribution in [3.63, 3.8) is 0 Å². The van der Waals surface area contributed by atoms with Gasteiger partial charge < -0.3 is 10.5 Å². The molecule has 0 aliphatic heterocycles. The van der Waals surface area contributed by atoms with Crippen LogP contribution in [0.4, 0.5) is 5.69 Å². The zero-order valence-corrected chi connectivity index (χ0v) is 14.8. The molecule has 0 bridgehead atoms. The number of ether oxygens (including phenoxy) is 1. The molecule has 1 aliphatic rings. The molecule has 0 amide bonds. The molecule has 2 heteroatoms. The van der Waals surface area contributed by atoms with Gasteiger partial charge >= 0.3 is 0 Å². The van der Waals surface area contributed by atoms with Crippen molar-refractivity contribution in [1.82, 2.24) is 0 Å². The molecule has 0 aromatic heterocycles. The van der Waals surface area contributed by atoms with E-state index in [1.807, 2.05) is 56.3 Å². The summed E-state index contributed by atoms with van der Waals surface area (Å²) in [6.45, 7) is 6.08. The third kappa shape index (κ3) is 8.29. The highest BCUT2D eigenvalue weighted by Gasteiger charge is 2.14. The van der Waals surface area contributed by atoms with Crippen LogP contribution in [0.1, 0.15) is 51.5 Å². The topological polar surface area (TPSA) is 35.2 Å². The number of benzene rings is 2. The molecule has 1 saturated carbocycles. The minimum Gasteiger partial charge on any atom is -0.490 e. The van der Waals surface area contributed by atoms with Crippen molar-refractivity contribution >= 4 is 5.69 Å². The predicted molar refractivity (Wildman–Crippen MR) is 101 cm³/mol. The molecule has 0 radical (unpaired) electrons. The normalized spacial score (nSPS) is 13.9. The Morgan fingerprint density at radius 2 is 1.39 bits per heavy atom. The Morgan fingerprint density at radius 1 is 0.826 bits per heavy atom. The van der Waals surface area contributed by atoms with E-state index in [2.05, 4.69) is 19.1 Å². The average Bonchev–Trinajstić information content (AvgIpc) is 2.61. The number of hydrogen-bond donors (Lipinski definition) is 1. The summed E-state index contributed by atoms with van der Waals surface area (Å²) < 4.78 is 5.85. The van der Waals surface area contributed by atoms with Crippen LogP contribution in [0.15, 0.2) is 54.6 Å². The van der Waals surface area contributed by atoms with Crippen LogP contribution in [0, 0.1) is 6.92 Å². The molecule has 0 spiro atoms. The molecule has 2 N–H and O–H groups in total. The summed E-state index contributed by atoms with van der Waals surface area (Å²) in [4.78, 5) is 0. The standard InChI is InChI=1S/C12H17NO.C7H8.C2H6/c13-10-6-8-12(9-7-10)14-11-4-2-1-3-5-11;1-7-5-3-2-4-6-7;1-2/h6-9,11H,1-5,13H2;2-6H,1H3;1-2H3. The van der Waals surface area contributed by atoms with Crippen LogP contribution in [0.5, 0.6) is 5.75 Å². The van der Waals surface area contributed by atoms with Gasteiger partial charge in [-0.15, -0.1) is 0 Å². The van der Waals surface area contributed by atoms with Crippen LogP contribution in [0.25, 0.3) is 0 Å². The van der Waals surface area contributed by atoms with E-state index in [4.69, 9.17) is 10.5 Å². The summed E-state index contributed by atoms with van der Waals surface area (Å²) >= 11 is 0. The van der Waals surface area contributed by atoms with Crippen LogP contribution in [0.3, 0.4) is 0 Å². The summed E-state index contributed by atoms with van der Waals surface area (Å²) in [6, 6.07) is 17.9. The van der Waals surface area contributed by atoms with Gasteiger partial charge in [0, 0.05) is 5.69 Å². The molecule has 1 fully saturated rings. The molecule has 1 aliphatic carbocycles. The Kier molecular flexibility index (Phi) is 9.62. The lowest BCUT2D eigenvalue weighted by molar-refractivity contribution is 0.155. The van der Waals surface area contributed by atoms with Crippen molar-refractivity contribution in [2.75, 3.05) is 5.73 Å². The second kappa shape index (κ2) is 11.6.